The van der Waals surface area contributed by atoms with E-state index in [1.807, 2.05) is 66.0 Å². The minimum absolute atomic E-state index is 0.174. The van der Waals surface area contributed by atoms with Crippen molar-refractivity contribution in [2.75, 3.05) is 13.7 Å². The Labute approximate surface area is 172 Å². The first kappa shape index (κ1) is 18.9. The number of carbonyl (C=O) groups excluding carboxylic acids is 1. The fraction of sp³-hybridized carbons (Fsp3) is 0.136. The third-order valence-corrected chi connectivity index (χ3v) is 5.32. The van der Waals surface area contributed by atoms with E-state index >= 15 is 0 Å². The van der Waals surface area contributed by atoms with Gasteiger partial charge in [-0.05, 0) is 53.9 Å². The number of amides is 1. The molecule has 1 amide bonds. The smallest absolute Gasteiger partial charge is 0.270 e. The molecular weight excluding hydrogens is 384 g/mol. The maximum atomic E-state index is 12.9. The summed E-state index contributed by atoms with van der Waals surface area (Å²) in [4.78, 5) is 18.2. The number of benzene rings is 1. The van der Waals surface area contributed by atoms with E-state index in [4.69, 9.17) is 4.74 Å². The van der Waals surface area contributed by atoms with Crippen molar-refractivity contribution in [3.63, 3.8) is 0 Å². The van der Waals surface area contributed by atoms with Crippen LogP contribution in [-0.2, 0) is 6.42 Å². The molecule has 0 aliphatic carbocycles. The van der Waals surface area contributed by atoms with E-state index in [-0.39, 0.29) is 5.91 Å². The summed E-state index contributed by atoms with van der Waals surface area (Å²) in [5.74, 6) is 0.577. The molecule has 0 atom stereocenters. The zero-order chi connectivity index (χ0) is 20.1. The lowest BCUT2D eigenvalue weighted by Gasteiger charge is -2.09. The van der Waals surface area contributed by atoms with E-state index in [0.29, 0.717) is 18.7 Å². The number of thiophene rings is 1. The van der Waals surface area contributed by atoms with Gasteiger partial charge in [0.2, 0.25) is 0 Å². The quantitative estimate of drug-likeness (QED) is 0.506. The van der Waals surface area contributed by atoms with Crippen molar-refractivity contribution in [2.45, 2.75) is 6.42 Å². The number of nitrogens with zero attached hydrogens (tertiary/aromatic N) is 3. The summed E-state index contributed by atoms with van der Waals surface area (Å²) in [5, 5.41) is 9.65. The molecular formula is C22H20N4O2S. The molecule has 0 spiro atoms. The van der Waals surface area contributed by atoms with E-state index < -0.39 is 0 Å². The number of rotatable bonds is 7. The molecule has 0 aliphatic heterocycles. The molecule has 29 heavy (non-hydrogen) atoms. The summed E-state index contributed by atoms with van der Waals surface area (Å²) in [6, 6.07) is 19.0. The van der Waals surface area contributed by atoms with Gasteiger partial charge in [0.1, 0.15) is 17.1 Å². The number of hydrogen-bond acceptors (Lipinski definition) is 5. The molecule has 0 bridgehead atoms. The molecule has 3 aromatic heterocycles. The predicted molar refractivity (Wildman–Crippen MR) is 114 cm³/mol. The van der Waals surface area contributed by atoms with Crippen LogP contribution >= 0.6 is 11.3 Å². The van der Waals surface area contributed by atoms with E-state index in [1.165, 1.54) is 0 Å². The van der Waals surface area contributed by atoms with Crippen LogP contribution in [0.3, 0.4) is 0 Å². The highest BCUT2D eigenvalue weighted by molar-refractivity contribution is 7.13. The van der Waals surface area contributed by atoms with Gasteiger partial charge in [-0.25, -0.2) is 4.68 Å². The second kappa shape index (κ2) is 8.70. The van der Waals surface area contributed by atoms with Crippen LogP contribution in [0.15, 0.2) is 72.2 Å². The molecule has 1 aromatic carbocycles. The van der Waals surface area contributed by atoms with Crippen LogP contribution in [0.1, 0.15) is 16.2 Å². The molecule has 0 radical (unpaired) electrons. The number of pyridine rings is 1. The molecule has 146 valence electrons. The van der Waals surface area contributed by atoms with Gasteiger partial charge in [0.25, 0.3) is 5.91 Å². The normalized spacial score (nSPS) is 10.7. The maximum absolute atomic E-state index is 12.9. The first-order chi connectivity index (χ1) is 14.2. The van der Waals surface area contributed by atoms with Crippen LogP contribution in [-0.4, -0.2) is 34.3 Å². The first-order valence-electron chi connectivity index (χ1n) is 9.21. The van der Waals surface area contributed by atoms with Crippen molar-refractivity contribution in [3.8, 4) is 22.0 Å². The van der Waals surface area contributed by atoms with Gasteiger partial charge in [-0.3, -0.25) is 9.78 Å². The zero-order valence-corrected chi connectivity index (χ0v) is 16.7. The highest BCUT2D eigenvalue weighted by atomic mass is 32.1. The molecule has 0 saturated carbocycles. The molecule has 4 rings (SSSR count). The highest BCUT2D eigenvalue weighted by Gasteiger charge is 2.18. The average molecular weight is 404 g/mol. The Morgan fingerprint density at radius 2 is 2.00 bits per heavy atom. The number of aromatic nitrogens is 3. The van der Waals surface area contributed by atoms with Crippen molar-refractivity contribution in [3.05, 3.63) is 83.6 Å². The fourth-order valence-corrected chi connectivity index (χ4v) is 3.63. The molecule has 4 aromatic rings. The second-order valence-corrected chi connectivity index (χ2v) is 7.28. The minimum Gasteiger partial charge on any atom is -0.497 e. The minimum atomic E-state index is -0.174. The third kappa shape index (κ3) is 4.35. The number of hydrogen-bond donors (Lipinski definition) is 1. The molecule has 0 unspecified atom stereocenters. The lowest BCUT2D eigenvalue weighted by atomic mass is 10.2. The molecule has 3 heterocycles. The topological polar surface area (TPSA) is 69.0 Å². The van der Waals surface area contributed by atoms with Gasteiger partial charge >= 0.3 is 0 Å². The van der Waals surface area contributed by atoms with Crippen LogP contribution < -0.4 is 10.1 Å². The second-order valence-electron chi connectivity index (χ2n) is 6.33. The fourth-order valence-electron chi connectivity index (χ4n) is 2.95. The van der Waals surface area contributed by atoms with Crippen molar-refractivity contribution in [2.24, 2.45) is 0 Å². The molecule has 0 aliphatic rings. The monoisotopic (exact) mass is 404 g/mol. The molecule has 0 saturated heterocycles. The Morgan fingerprint density at radius 3 is 2.69 bits per heavy atom. The Hall–Kier alpha value is -3.45. The Balaban J connectivity index is 1.58. The summed E-state index contributed by atoms with van der Waals surface area (Å²) < 4.78 is 6.90. The molecule has 1 N–H and O–H groups in total. The van der Waals surface area contributed by atoms with Crippen molar-refractivity contribution in [1.82, 2.24) is 20.1 Å². The first-order valence-corrected chi connectivity index (χ1v) is 10.1. The summed E-state index contributed by atoms with van der Waals surface area (Å²) in [5.41, 5.74) is 2.99. The summed E-state index contributed by atoms with van der Waals surface area (Å²) in [6.45, 7) is 0.498. The standard InChI is InChI=1S/C22H20N4O2S/c1-28-18-9-7-17(8-10-18)26-20(15-19(25-26)21-6-4-14-29-21)22(27)24-13-11-16-5-2-3-12-23-16/h2-10,12,14-15H,11,13H2,1H3,(H,24,27). The maximum Gasteiger partial charge on any atom is 0.270 e. The lowest BCUT2D eigenvalue weighted by Crippen LogP contribution is -2.28. The summed E-state index contributed by atoms with van der Waals surface area (Å²) in [7, 11) is 1.62. The predicted octanol–water partition coefficient (Wildman–Crippen LogP) is 3.98. The SMILES string of the molecule is COc1ccc(-n2nc(-c3cccs3)cc2C(=O)NCCc2ccccn2)cc1. The van der Waals surface area contributed by atoms with Crippen molar-refractivity contribution in [1.29, 1.82) is 0 Å². The zero-order valence-electron chi connectivity index (χ0n) is 15.9. The largest absolute Gasteiger partial charge is 0.497 e. The summed E-state index contributed by atoms with van der Waals surface area (Å²) >= 11 is 1.59. The Bertz CT molecular complexity index is 1070. The van der Waals surface area contributed by atoms with Crippen molar-refractivity contribution >= 4 is 17.2 Å². The van der Waals surface area contributed by atoms with E-state index in [0.717, 1.165) is 27.7 Å². The molecule has 7 heteroatoms. The van der Waals surface area contributed by atoms with Crippen LogP contribution in [0.25, 0.3) is 16.3 Å². The third-order valence-electron chi connectivity index (χ3n) is 4.43. The van der Waals surface area contributed by atoms with Crippen molar-refractivity contribution < 1.29 is 9.53 Å². The molecule has 0 fully saturated rings. The number of carbonyl (C=O) groups is 1. The summed E-state index contributed by atoms with van der Waals surface area (Å²) in [6.07, 6.45) is 2.42. The van der Waals surface area contributed by atoms with Crippen LogP contribution in [0, 0.1) is 0 Å². The highest BCUT2D eigenvalue weighted by Crippen LogP contribution is 2.26. The van der Waals surface area contributed by atoms with E-state index in [9.17, 15) is 4.79 Å². The van der Waals surface area contributed by atoms with E-state index in [1.54, 1.807) is 29.3 Å². The van der Waals surface area contributed by atoms with Gasteiger partial charge in [-0.2, -0.15) is 5.10 Å². The molecule has 6 nitrogen and oxygen atoms in total. The van der Waals surface area contributed by atoms with Crippen LogP contribution in [0.2, 0.25) is 0 Å². The van der Waals surface area contributed by atoms with Gasteiger partial charge in [-0.1, -0.05) is 12.1 Å². The Morgan fingerprint density at radius 1 is 1.14 bits per heavy atom. The van der Waals surface area contributed by atoms with Gasteiger partial charge in [0.05, 0.1) is 17.7 Å². The number of methoxy groups -OCH3 is 1. The van der Waals surface area contributed by atoms with Crippen LogP contribution in [0.4, 0.5) is 0 Å². The van der Waals surface area contributed by atoms with Gasteiger partial charge in [-0.15, -0.1) is 11.3 Å². The van der Waals surface area contributed by atoms with Gasteiger partial charge < -0.3 is 10.1 Å². The lowest BCUT2D eigenvalue weighted by molar-refractivity contribution is 0.0946. The van der Waals surface area contributed by atoms with Crippen LogP contribution in [0.5, 0.6) is 5.75 Å². The van der Waals surface area contributed by atoms with Gasteiger partial charge in [0.15, 0.2) is 0 Å². The van der Waals surface area contributed by atoms with Gasteiger partial charge in [0, 0.05) is 24.9 Å². The average Bonchev–Trinajstić information content (AvgIpc) is 3.44. The number of ether oxygens (including phenoxy) is 1. The van der Waals surface area contributed by atoms with E-state index in [2.05, 4.69) is 15.4 Å². The Kier molecular flexibility index (Phi) is 5.67. The number of nitrogens with one attached hydrogen (secondary N) is 1.